The largest absolute Gasteiger partial charge is 0.372 e. The van der Waals surface area contributed by atoms with Crippen LogP contribution < -0.4 is 14.9 Å². The average molecular weight is 380 g/mol. The van der Waals surface area contributed by atoms with Crippen molar-refractivity contribution in [2.45, 2.75) is 19.3 Å². The molecule has 7 nitrogen and oxygen atoms in total. The lowest BCUT2D eigenvalue weighted by Crippen LogP contribution is -2.29. The van der Waals surface area contributed by atoms with Gasteiger partial charge in [0.05, 0.1) is 0 Å². The third-order valence-corrected chi connectivity index (χ3v) is 5.74. The lowest BCUT2D eigenvalue weighted by Gasteiger charge is -2.28. The number of carbonyl (C=O) groups excluding carboxylic acids is 1. The third-order valence-electron chi connectivity index (χ3n) is 3.86. The van der Waals surface area contributed by atoms with Crippen LogP contribution in [0.1, 0.15) is 19.3 Å². The minimum atomic E-state index is -3.77. The number of anilines is 3. The molecule has 0 unspecified atom stereocenters. The van der Waals surface area contributed by atoms with Gasteiger partial charge in [-0.25, -0.2) is 13.4 Å². The number of nitrogens with one attached hydrogen (secondary N) is 2. The number of carbonyl (C=O) groups is 1. The van der Waals surface area contributed by atoms with Gasteiger partial charge < -0.3 is 10.2 Å². The van der Waals surface area contributed by atoms with Gasteiger partial charge in [0.25, 0.3) is 0 Å². The maximum Gasteiger partial charge on any atom is 0.243 e. The fourth-order valence-corrected chi connectivity index (χ4v) is 4.25. The SMILES string of the molecule is O=C(CS(=O)(=O)Nc1ccc(N2CCCCC2)cc1)Nc1nccs1. The van der Waals surface area contributed by atoms with Crippen LogP contribution in [-0.4, -0.2) is 38.2 Å². The van der Waals surface area contributed by atoms with Crippen molar-refractivity contribution in [1.82, 2.24) is 4.98 Å². The molecule has 2 N–H and O–H groups in total. The maximum atomic E-state index is 12.1. The van der Waals surface area contributed by atoms with E-state index < -0.39 is 21.7 Å². The number of piperidine rings is 1. The van der Waals surface area contributed by atoms with Crippen molar-refractivity contribution < 1.29 is 13.2 Å². The molecule has 0 bridgehead atoms. The van der Waals surface area contributed by atoms with Crippen molar-refractivity contribution in [1.29, 1.82) is 0 Å². The van der Waals surface area contributed by atoms with Crippen molar-refractivity contribution in [2.24, 2.45) is 0 Å². The van der Waals surface area contributed by atoms with Crippen LogP contribution in [0.25, 0.3) is 0 Å². The fraction of sp³-hybridized carbons (Fsp3) is 0.375. The van der Waals surface area contributed by atoms with Crippen LogP contribution in [0.5, 0.6) is 0 Å². The highest BCUT2D eigenvalue weighted by molar-refractivity contribution is 7.93. The number of rotatable bonds is 6. The van der Waals surface area contributed by atoms with E-state index in [1.54, 1.807) is 17.5 Å². The zero-order valence-electron chi connectivity index (χ0n) is 13.6. The van der Waals surface area contributed by atoms with Crippen molar-refractivity contribution >= 4 is 43.8 Å². The molecular weight excluding hydrogens is 360 g/mol. The highest BCUT2D eigenvalue weighted by Crippen LogP contribution is 2.22. The van der Waals surface area contributed by atoms with Crippen molar-refractivity contribution in [3.63, 3.8) is 0 Å². The third kappa shape index (κ3) is 5.17. The van der Waals surface area contributed by atoms with Crippen molar-refractivity contribution in [2.75, 3.05) is 33.8 Å². The van der Waals surface area contributed by atoms with Gasteiger partial charge in [-0.2, -0.15) is 0 Å². The van der Waals surface area contributed by atoms with Gasteiger partial charge in [-0.15, -0.1) is 11.3 Å². The standard InChI is InChI=1S/C16H20N4O3S2/c21-15(18-16-17-8-11-24-16)12-25(22,23)19-13-4-6-14(7-5-13)20-9-2-1-3-10-20/h4-8,11,19H,1-3,9-10,12H2,(H,17,18,21). The second-order valence-electron chi connectivity index (χ2n) is 5.84. The summed E-state index contributed by atoms with van der Waals surface area (Å²) in [5, 5.41) is 4.54. The Balaban J connectivity index is 1.57. The number of thiazole rings is 1. The molecule has 0 spiro atoms. The molecule has 2 aromatic rings. The number of benzene rings is 1. The minimum absolute atomic E-state index is 0.381. The van der Waals surface area contributed by atoms with Gasteiger partial charge in [0.15, 0.2) is 5.13 Å². The predicted octanol–water partition coefficient (Wildman–Crippen LogP) is 2.51. The summed E-state index contributed by atoms with van der Waals surface area (Å²) < 4.78 is 26.7. The minimum Gasteiger partial charge on any atom is -0.372 e. The number of hydrogen-bond donors (Lipinski definition) is 2. The zero-order chi connectivity index (χ0) is 17.7. The second-order valence-corrected chi connectivity index (χ2v) is 8.46. The highest BCUT2D eigenvalue weighted by Gasteiger charge is 2.18. The molecule has 25 heavy (non-hydrogen) atoms. The van der Waals surface area contributed by atoms with E-state index in [2.05, 4.69) is 19.9 Å². The lowest BCUT2D eigenvalue weighted by molar-refractivity contribution is -0.113. The van der Waals surface area contributed by atoms with E-state index in [-0.39, 0.29) is 0 Å². The summed E-state index contributed by atoms with van der Waals surface area (Å²) >= 11 is 1.23. The van der Waals surface area contributed by atoms with E-state index >= 15 is 0 Å². The van der Waals surface area contributed by atoms with E-state index in [0.717, 1.165) is 18.8 Å². The Labute approximate surface area is 151 Å². The molecule has 0 atom stereocenters. The molecule has 1 saturated heterocycles. The molecule has 1 aliphatic heterocycles. The Bertz CT molecular complexity index is 798. The Morgan fingerprint density at radius 3 is 2.52 bits per heavy atom. The van der Waals surface area contributed by atoms with Gasteiger partial charge in [-0.05, 0) is 43.5 Å². The quantitative estimate of drug-likeness (QED) is 0.803. The molecule has 2 heterocycles. The average Bonchev–Trinajstić information content (AvgIpc) is 3.08. The first-order chi connectivity index (χ1) is 12.0. The Hall–Kier alpha value is -2.13. The zero-order valence-corrected chi connectivity index (χ0v) is 15.3. The van der Waals surface area contributed by atoms with Crippen molar-refractivity contribution in [3.8, 4) is 0 Å². The van der Waals surface area contributed by atoms with Gasteiger partial charge in [0.2, 0.25) is 15.9 Å². The summed E-state index contributed by atoms with van der Waals surface area (Å²) in [4.78, 5) is 18.0. The Kier molecular flexibility index (Phi) is 5.54. The molecule has 1 amide bonds. The summed E-state index contributed by atoms with van der Waals surface area (Å²) in [5.41, 5.74) is 1.53. The summed E-state index contributed by atoms with van der Waals surface area (Å²) in [5.74, 6) is -1.27. The smallest absolute Gasteiger partial charge is 0.243 e. The van der Waals surface area contributed by atoms with Crippen LogP contribution in [0.2, 0.25) is 0 Å². The highest BCUT2D eigenvalue weighted by atomic mass is 32.2. The van der Waals surface area contributed by atoms with Gasteiger partial charge in [0, 0.05) is 36.0 Å². The number of sulfonamides is 1. The molecule has 0 saturated carbocycles. The van der Waals surface area contributed by atoms with E-state index in [1.807, 2.05) is 12.1 Å². The first kappa shape index (κ1) is 17.7. The first-order valence-electron chi connectivity index (χ1n) is 8.07. The van der Waals surface area contributed by atoms with Crippen LogP contribution in [0.4, 0.5) is 16.5 Å². The number of amides is 1. The van der Waals surface area contributed by atoms with E-state index in [0.29, 0.717) is 10.8 Å². The molecular formula is C16H20N4O3S2. The van der Waals surface area contributed by atoms with E-state index in [1.165, 1.54) is 36.8 Å². The number of aromatic nitrogens is 1. The van der Waals surface area contributed by atoms with Crippen LogP contribution in [-0.2, 0) is 14.8 Å². The van der Waals surface area contributed by atoms with Crippen LogP contribution in [0, 0.1) is 0 Å². The van der Waals surface area contributed by atoms with Crippen molar-refractivity contribution in [3.05, 3.63) is 35.8 Å². The van der Waals surface area contributed by atoms with Gasteiger partial charge >= 0.3 is 0 Å². The van der Waals surface area contributed by atoms with Gasteiger partial charge in [-0.1, -0.05) is 0 Å². The first-order valence-corrected chi connectivity index (χ1v) is 10.6. The summed E-state index contributed by atoms with van der Waals surface area (Å²) in [6.45, 7) is 2.06. The Morgan fingerprint density at radius 2 is 1.88 bits per heavy atom. The van der Waals surface area contributed by atoms with E-state index in [9.17, 15) is 13.2 Å². The molecule has 1 aromatic carbocycles. The predicted molar refractivity (Wildman–Crippen MR) is 101 cm³/mol. The second kappa shape index (κ2) is 7.83. The van der Waals surface area contributed by atoms with Gasteiger partial charge in [-0.3, -0.25) is 9.52 Å². The number of nitrogens with zero attached hydrogens (tertiary/aromatic N) is 2. The van der Waals surface area contributed by atoms with Crippen LogP contribution >= 0.6 is 11.3 Å². The maximum absolute atomic E-state index is 12.1. The fourth-order valence-electron chi connectivity index (χ4n) is 2.72. The normalized spacial score (nSPS) is 15.0. The molecule has 0 radical (unpaired) electrons. The summed E-state index contributed by atoms with van der Waals surface area (Å²) in [7, 11) is -3.77. The molecule has 134 valence electrons. The molecule has 1 aromatic heterocycles. The molecule has 1 fully saturated rings. The number of hydrogen-bond acceptors (Lipinski definition) is 6. The molecule has 3 rings (SSSR count). The monoisotopic (exact) mass is 380 g/mol. The summed E-state index contributed by atoms with van der Waals surface area (Å²) in [6.07, 6.45) is 5.17. The summed E-state index contributed by atoms with van der Waals surface area (Å²) in [6, 6.07) is 7.25. The van der Waals surface area contributed by atoms with Gasteiger partial charge in [0.1, 0.15) is 5.75 Å². The van der Waals surface area contributed by atoms with Crippen LogP contribution in [0.15, 0.2) is 35.8 Å². The van der Waals surface area contributed by atoms with Crippen LogP contribution in [0.3, 0.4) is 0 Å². The van der Waals surface area contributed by atoms with E-state index in [4.69, 9.17) is 0 Å². The topological polar surface area (TPSA) is 91.4 Å². The molecule has 9 heteroatoms. The molecule has 1 aliphatic rings. The lowest BCUT2D eigenvalue weighted by atomic mass is 10.1. The molecule has 0 aliphatic carbocycles. The Morgan fingerprint density at radius 1 is 1.16 bits per heavy atom.